The van der Waals surface area contributed by atoms with E-state index in [1.54, 1.807) is 0 Å². The van der Waals surface area contributed by atoms with Crippen LogP contribution in [0, 0.1) is 0 Å². The molecule has 2 nitrogen and oxygen atoms in total. The summed E-state index contributed by atoms with van der Waals surface area (Å²) in [4.78, 5) is 0. The predicted octanol–water partition coefficient (Wildman–Crippen LogP) is 0.513. The molecule has 8 heavy (non-hydrogen) atoms. The number of nitrogens with two attached hydrogens (primary N) is 1. The fourth-order valence-electron chi connectivity index (χ4n) is 1.02. The van der Waals surface area contributed by atoms with Crippen LogP contribution in [0.15, 0.2) is 0 Å². The standard InChI is InChI=1S/C6H13NO/c1-5(7)6-3-2-4-8-6/h5-6H,2-4,7H2,1H3/t5-,6+/m1/s1. The first kappa shape index (κ1) is 6.05. The van der Waals surface area contributed by atoms with Gasteiger partial charge in [0.05, 0.1) is 6.10 Å². The summed E-state index contributed by atoms with van der Waals surface area (Å²) >= 11 is 0. The molecule has 0 aromatic carbocycles. The fraction of sp³-hybridized carbons (Fsp3) is 1.00. The number of hydrogen-bond acceptors (Lipinski definition) is 2. The highest BCUT2D eigenvalue weighted by Crippen LogP contribution is 2.13. The second-order valence-electron chi connectivity index (χ2n) is 2.41. The summed E-state index contributed by atoms with van der Waals surface area (Å²) in [6.45, 7) is 2.90. The molecule has 0 spiro atoms. The molecule has 0 bridgehead atoms. The Labute approximate surface area is 50.0 Å². The van der Waals surface area contributed by atoms with E-state index in [9.17, 15) is 0 Å². The average Bonchev–Trinajstić information content (AvgIpc) is 2.12. The summed E-state index contributed by atoms with van der Waals surface area (Å²) in [5.74, 6) is 0. The Balaban J connectivity index is 2.24. The van der Waals surface area contributed by atoms with Gasteiger partial charge in [-0.25, -0.2) is 0 Å². The lowest BCUT2D eigenvalue weighted by molar-refractivity contribution is 0.0947. The van der Waals surface area contributed by atoms with Crippen molar-refractivity contribution < 1.29 is 4.74 Å². The molecule has 1 aliphatic heterocycles. The zero-order chi connectivity index (χ0) is 5.98. The van der Waals surface area contributed by atoms with Crippen LogP contribution >= 0.6 is 0 Å². The zero-order valence-corrected chi connectivity index (χ0v) is 5.26. The molecule has 0 amide bonds. The second kappa shape index (κ2) is 2.46. The molecule has 0 aromatic rings. The third-order valence-electron chi connectivity index (χ3n) is 1.55. The highest BCUT2D eigenvalue weighted by molar-refractivity contribution is 4.72. The maximum Gasteiger partial charge on any atom is 0.0724 e. The van der Waals surface area contributed by atoms with Crippen LogP contribution in [0.5, 0.6) is 0 Å². The van der Waals surface area contributed by atoms with Gasteiger partial charge in [0.25, 0.3) is 0 Å². The highest BCUT2D eigenvalue weighted by Gasteiger charge is 2.18. The van der Waals surface area contributed by atoms with Crippen molar-refractivity contribution in [2.45, 2.75) is 31.9 Å². The molecule has 1 fully saturated rings. The van der Waals surface area contributed by atoms with Gasteiger partial charge in [-0.15, -0.1) is 0 Å². The van der Waals surface area contributed by atoms with E-state index in [0.717, 1.165) is 13.0 Å². The Bertz CT molecular complexity index is 66.9. The molecular weight excluding hydrogens is 102 g/mol. The molecule has 2 atom stereocenters. The van der Waals surface area contributed by atoms with Crippen molar-refractivity contribution in [3.05, 3.63) is 0 Å². The maximum atomic E-state index is 5.57. The van der Waals surface area contributed by atoms with Crippen molar-refractivity contribution in [3.8, 4) is 0 Å². The minimum absolute atomic E-state index is 0.220. The van der Waals surface area contributed by atoms with Crippen LogP contribution in [-0.2, 0) is 4.74 Å². The largest absolute Gasteiger partial charge is 0.377 e. The van der Waals surface area contributed by atoms with Crippen LogP contribution in [0.25, 0.3) is 0 Å². The highest BCUT2D eigenvalue weighted by atomic mass is 16.5. The Morgan fingerprint density at radius 1 is 1.75 bits per heavy atom. The molecule has 0 aliphatic carbocycles. The smallest absolute Gasteiger partial charge is 0.0724 e. The molecule has 1 aliphatic rings. The van der Waals surface area contributed by atoms with Gasteiger partial charge in [0, 0.05) is 12.6 Å². The van der Waals surface area contributed by atoms with E-state index in [0.29, 0.717) is 6.10 Å². The lowest BCUT2D eigenvalue weighted by Crippen LogP contribution is -2.30. The van der Waals surface area contributed by atoms with Crippen molar-refractivity contribution >= 4 is 0 Å². The van der Waals surface area contributed by atoms with E-state index in [1.165, 1.54) is 6.42 Å². The molecule has 2 heteroatoms. The quantitative estimate of drug-likeness (QED) is 0.540. The number of rotatable bonds is 1. The van der Waals surface area contributed by atoms with Gasteiger partial charge in [0.2, 0.25) is 0 Å². The maximum absolute atomic E-state index is 5.57. The molecule has 0 radical (unpaired) electrons. The molecule has 0 aromatic heterocycles. The van der Waals surface area contributed by atoms with Crippen LogP contribution in [-0.4, -0.2) is 18.8 Å². The fourth-order valence-corrected chi connectivity index (χ4v) is 1.02. The van der Waals surface area contributed by atoms with Crippen LogP contribution < -0.4 is 5.73 Å². The van der Waals surface area contributed by atoms with Crippen LogP contribution in [0.2, 0.25) is 0 Å². The van der Waals surface area contributed by atoms with E-state index < -0.39 is 0 Å². The summed E-state index contributed by atoms with van der Waals surface area (Å²) < 4.78 is 5.29. The lowest BCUT2D eigenvalue weighted by atomic mass is 10.1. The van der Waals surface area contributed by atoms with Gasteiger partial charge in [0.1, 0.15) is 0 Å². The Kier molecular flexibility index (Phi) is 1.86. The van der Waals surface area contributed by atoms with Gasteiger partial charge in [0.15, 0.2) is 0 Å². The minimum Gasteiger partial charge on any atom is -0.377 e. The molecular formula is C6H13NO. The summed E-state index contributed by atoms with van der Waals surface area (Å²) in [6, 6.07) is 0.220. The minimum atomic E-state index is 0.220. The summed E-state index contributed by atoms with van der Waals surface area (Å²) in [5, 5.41) is 0. The van der Waals surface area contributed by atoms with E-state index >= 15 is 0 Å². The normalized spacial score (nSPS) is 33.0. The van der Waals surface area contributed by atoms with Gasteiger partial charge in [-0.1, -0.05) is 0 Å². The van der Waals surface area contributed by atoms with Crippen molar-refractivity contribution in [2.75, 3.05) is 6.61 Å². The third-order valence-corrected chi connectivity index (χ3v) is 1.55. The molecule has 1 heterocycles. The summed E-state index contributed by atoms with van der Waals surface area (Å²) in [5.41, 5.74) is 5.57. The topological polar surface area (TPSA) is 35.2 Å². The molecule has 48 valence electrons. The lowest BCUT2D eigenvalue weighted by Gasteiger charge is -2.11. The third kappa shape index (κ3) is 1.20. The molecule has 0 unspecified atom stereocenters. The Hall–Kier alpha value is -0.0800. The van der Waals surface area contributed by atoms with Crippen molar-refractivity contribution in [1.82, 2.24) is 0 Å². The second-order valence-corrected chi connectivity index (χ2v) is 2.41. The number of ether oxygens (including phenoxy) is 1. The van der Waals surface area contributed by atoms with Crippen LogP contribution in [0.1, 0.15) is 19.8 Å². The summed E-state index contributed by atoms with van der Waals surface area (Å²) in [6.07, 6.45) is 2.68. The van der Waals surface area contributed by atoms with Gasteiger partial charge in [-0.2, -0.15) is 0 Å². The van der Waals surface area contributed by atoms with E-state index in [4.69, 9.17) is 10.5 Å². The van der Waals surface area contributed by atoms with Gasteiger partial charge in [-0.05, 0) is 19.8 Å². The Morgan fingerprint density at radius 2 is 2.50 bits per heavy atom. The van der Waals surface area contributed by atoms with Gasteiger partial charge in [-0.3, -0.25) is 0 Å². The monoisotopic (exact) mass is 115 g/mol. The van der Waals surface area contributed by atoms with Crippen LogP contribution in [0.3, 0.4) is 0 Å². The molecule has 2 N–H and O–H groups in total. The molecule has 0 saturated carbocycles. The van der Waals surface area contributed by atoms with Crippen molar-refractivity contribution in [1.29, 1.82) is 0 Å². The van der Waals surface area contributed by atoms with E-state index in [1.807, 2.05) is 6.92 Å². The van der Waals surface area contributed by atoms with Crippen molar-refractivity contribution in [2.24, 2.45) is 5.73 Å². The first-order valence-corrected chi connectivity index (χ1v) is 3.18. The average molecular weight is 115 g/mol. The molecule has 1 saturated heterocycles. The first-order chi connectivity index (χ1) is 3.80. The summed E-state index contributed by atoms with van der Waals surface area (Å²) in [7, 11) is 0. The molecule has 1 rings (SSSR count). The van der Waals surface area contributed by atoms with Gasteiger partial charge < -0.3 is 10.5 Å². The zero-order valence-electron chi connectivity index (χ0n) is 5.26. The predicted molar refractivity (Wildman–Crippen MR) is 32.6 cm³/mol. The number of hydrogen-bond donors (Lipinski definition) is 1. The SMILES string of the molecule is C[C@@H](N)[C@@H]1CCCO1. The first-order valence-electron chi connectivity index (χ1n) is 3.18. The van der Waals surface area contributed by atoms with E-state index in [-0.39, 0.29) is 6.04 Å². The van der Waals surface area contributed by atoms with Crippen molar-refractivity contribution in [3.63, 3.8) is 0 Å². The Morgan fingerprint density at radius 3 is 2.75 bits per heavy atom. The van der Waals surface area contributed by atoms with Gasteiger partial charge >= 0.3 is 0 Å². The van der Waals surface area contributed by atoms with Crippen LogP contribution in [0.4, 0.5) is 0 Å². The van der Waals surface area contributed by atoms with E-state index in [2.05, 4.69) is 0 Å².